The lowest BCUT2D eigenvalue weighted by Crippen LogP contribution is -2.14. The molecule has 7 heteroatoms. The molecule has 0 aliphatic rings. The SMILES string of the molecule is Cc1ccc(-c2ccccc2SCC(=O)Nc2ccc(-c3ccc(CC(=O)O)cc3)cc2Cl)c(Cl)c1. The molecule has 0 aromatic heterocycles. The molecule has 4 nitrogen and oxygen atoms in total. The second-order valence-corrected chi connectivity index (χ2v) is 10.1. The monoisotopic (exact) mass is 535 g/mol. The lowest BCUT2D eigenvalue weighted by atomic mass is 10.0. The van der Waals surface area contributed by atoms with Crippen LogP contribution in [0.2, 0.25) is 10.0 Å². The number of carbonyl (C=O) groups excluding carboxylic acids is 1. The van der Waals surface area contributed by atoms with E-state index in [-0.39, 0.29) is 18.1 Å². The standard InChI is InChI=1S/C29H23Cl2NO3S/c1-18-6-12-22(24(30)14-18)23-4-2-3-5-27(23)36-17-28(33)32-26-13-11-21(16-25(26)31)20-9-7-19(8-10-20)15-29(34)35/h2-14,16H,15,17H2,1H3,(H,32,33)(H,34,35). The number of nitrogens with one attached hydrogen (secondary N) is 1. The molecule has 2 N–H and O–H groups in total. The number of carbonyl (C=O) groups is 2. The van der Waals surface area contributed by atoms with Crippen molar-refractivity contribution in [1.82, 2.24) is 0 Å². The summed E-state index contributed by atoms with van der Waals surface area (Å²) in [5.41, 5.74) is 6.04. The van der Waals surface area contributed by atoms with Gasteiger partial charge >= 0.3 is 5.97 Å². The van der Waals surface area contributed by atoms with E-state index < -0.39 is 5.97 Å². The number of thioether (sulfide) groups is 1. The van der Waals surface area contributed by atoms with Crippen molar-refractivity contribution < 1.29 is 14.7 Å². The van der Waals surface area contributed by atoms with E-state index in [9.17, 15) is 9.59 Å². The Balaban J connectivity index is 1.42. The van der Waals surface area contributed by atoms with Crippen molar-refractivity contribution in [3.05, 3.63) is 106 Å². The van der Waals surface area contributed by atoms with Gasteiger partial charge in [0.15, 0.2) is 0 Å². The van der Waals surface area contributed by atoms with Gasteiger partial charge in [-0.05, 0) is 59.0 Å². The van der Waals surface area contributed by atoms with Crippen LogP contribution < -0.4 is 5.32 Å². The first-order chi connectivity index (χ1) is 17.3. The quantitative estimate of drug-likeness (QED) is 0.224. The van der Waals surface area contributed by atoms with Gasteiger partial charge in [-0.3, -0.25) is 9.59 Å². The molecule has 0 atom stereocenters. The molecule has 0 heterocycles. The maximum atomic E-state index is 12.7. The third kappa shape index (κ3) is 6.49. The molecule has 0 unspecified atom stereocenters. The van der Waals surface area contributed by atoms with Crippen molar-refractivity contribution >= 4 is 52.5 Å². The molecule has 0 radical (unpaired) electrons. The van der Waals surface area contributed by atoms with Gasteiger partial charge in [-0.15, -0.1) is 11.8 Å². The maximum Gasteiger partial charge on any atom is 0.307 e. The number of benzene rings is 4. The van der Waals surface area contributed by atoms with Gasteiger partial charge in [0, 0.05) is 15.5 Å². The summed E-state index contributed by atoms with van der Waals surface area (Å²) in [7, 11) is 0. The Morgan fingerprint density at radius 1 is 0.833 bits per heavy atom. The van der Waals surface area contributed by atoms with Crippen LogP contribution >= 0.6 is 35.0 Å². The predicted octanol–water partition coefficient (Wildman–Crippen LogP) is 7.99. The van der Waals surface area contributed by atoms with Gasteiger partial charge in [0.2, 0.25) is 5.91 Å². The zero-order valence-electron chi connectivity index (χ0n) is 19.4. The third-order valence-corrected chi connectivity index (χ3v) is 7.25. The number of rotatable bonds is 8. The highest BCUT2D eigenvalue weighted by Crippen LogP contribution is 2.36. The van der Waals surface area contributed by atoms with E-state index in [1.54, 1.807) is 24.3 Å². The summed E-state index contributed by atoms with van der Waals surface area (Å²) in [5, 5.41) is 12.9. The lowest BCUT2D eigenvalue weighted by Gasteiger charge is -2.12. The van der Waals surface area contributed by atoms with E-state index in [4.69, 9.17) is 28.3 Å². The molecular weight excluding hydrogens is 513 g/mol. The number of aryl methyl sites for hydroxylation is 1. The molecule has 4 aromatic rings. The number of carboxylic acid groups (broad SMARTS) is 1. The Morgan fingerprint density at radius 2 is 1.56 bits per heavy atom. The van der Waals surface area contributed by atoms with E-state index in [0.29, 0.717) is 15.7 Å². The van der Waals surface area contributed by atoms with Gasteiger partial charge in [-0.2, -0.15) is 0 Å². The largest absolute Gasteiger partial charge is 0.481 e. The first kappa shape index (κ1) is 25.8. The fourth-order valence-corrected chi connectivity index (χ4v) is 5.20. The van der Waals surface area contributed by atoms with E-state index in [1.807, 2.05) is 67.6 Å². The number of amides is 1. The van der Waals surface area contributed by atoms with Crippen LogP contribution in [0.15, 0.2) is 89.8 Å². The van der Waals surface area contributed by atoms with Crippen molar-refractivity contribution in [2.75, 3.05) is 11.1 Å². The average Bonchev–Trinajstić information content (AvgIpc) is 2.84. The zero-order valence-corrected chi connectivity index (χ0v) is 21.8. The Morgan fingerprint density at radius 3 is 2.25 bits per heavy atom. The molecule has 1 amide bonds. The molecule has 0 saturated heterocycles. The summed E-state index contributed by atoms with van der Waals surface area (Å²) in [4.78, 5) is 24.5. The molecule has 0 spiro atoms. The minimum Gasteiger partial charge on any atom is -0.481 e. The highest BCUT2D eigenvalue weighted by molar-refractivity contribution is 8.00. The Labute approximate surface area is 224 Å². The van der Waals surface area contributed by atoms with E-state index in [0.717, 1.165) is 38.3 Å². The summed E-state index contributed by atoms with van der Waals surface area (Å²) < 4.78 is 0. The number of halogens is 2. The first-order valence-electron chi connectivity index (χ1n) is 11.2. The summed E-state index contributed by atoms with van der Waals surface area (Å²) >= 11 is 14.4. The molecule has 4 rings (SSSR count). The van der Waals surface area contributed by atoms with Crippen molar-refractivity contribution in [1.29, 1.82) is 0 Å². The average molecular weight is 536 g/mol. The van der Waals surface area contributed by atoms with Gasteiger partial charge in [-0.1, -0.05) is 83.9 Å². The summed E-state index contributed by atoms with van der Waals surface area (Å²) in [6.07, 6.45) is -0.0213. The summed E-state index contributed by atoms with van der Waals surface area (Å²) in [5.74, 6) is -0.826. The normalized spacial score (nSPS) is 10.8. The van der Waals surface area contributed by atoms with Gasteiger partial charge in [0.1, 0.15) is 0 Å². The van der Waals surface area contributed by atoms with Gasteiger partial charge in [0.25, 0.3) is 0 Å². The number of anilines is 1. The van der Waals surface area contributed by atoms with Crippen molar-refractivity contribution in [3.8, 4) is 22.3 Å². The van der Waals surface area contributed by atoms with Crippen LogP contribution in [0.1, 0.15) is 11.1 Å². The summed E-state index contributed by atoms with van der Waals surface area (Å²) in [6, 6.07) is 26.5. The Bertz CT molecular complexity index is 1420. The van der Waals surface area contributed by atoms with Crippen LogP contribution in [0.5, 0.6) is 0 Å². The number of carboxylic acids is 1. The highest BCUT2D eigenvalue weighted by Gasteiger charge is 2.13. The minimum atomic E-state index is -0.869. The van der Waals surface area contributed by atoms with E-state index in [1.165, 1.54) is 11.8 Å². The van der Waals surface area contributed by atoms with E-state index in [2.05, 4.69) is 5.32 Å². The second-order valence-electron chi connectivity index (χ2n) is 8.28. The van der Waals surface area contributed by atoms with Gasteiger partial charge in [0.05, 0.1) is 22.9 Å². The molecule has 4 aromatic carbocycles. The number of hydrogen-bond acceptors (Lipinski definition) is 3. The van der Waals surface area contributed by atoms with Crippen LogP contribution in [0, 0.1) is 6.92 Å². The minimum absolute atomic E-state index is 0.0213. The highest BCUT2D eigenvalue weighted by atomic mass is 35.5. The first-order valence-corrected chi connectivity index (χ1v) is 12.9. The lowest BCUT2D eigenvalue weighted by molar-refractivity contribution is -0.136. The zero-order chi connectivity index (χ0) is 25.7. The fraction of sp³-hybridized carbons (Fsp3) is 0.103. The number of aliphatic carboxylic acids is 1. The molecule has 0 saturated carbocycles. The smallest absolute Gasteiger partial charge is 0.307 e. The molecule has 0 aliphatic heterocycles. The van der Waals surface area contributed by atoms with Crippen LogP contribution in [0.25, 0.3) is 22.3 Å². The van der Waals surface area contributed by atoms with Crippen LogP contribution in [0.4, 0.5) is 5.69 Å². The Kier molecular flexibility index (Phi) is 8.36. The third-order valence-electron chi connectivity index (χ3n) is 5.55. The molecule has 36 heavy (non-hydrogen) atoms. The molecule has 0 fully saturated rings. The predicted molar refractivity (Wildman–Crippen MR) is 149 cm³/mol. The van der Waals surface area contributed by atoms with Crippen LogP contribution in [-0.4, -0.2) is 22.7 Å². The summed E-state index contributed by atoms with van der Waals surface area (Å²) in [6.45, 7) is 2.00. The van der Waals surface area contributed by atoms with Crippen molar-refractivity contribution in [2.24, 2.45) is 0 Å². The molecule has 0 bridgehead atoms. The van der Waals surface area contributed by atoms with Crippen LogP contribution in [0.3, 0.4) is 0 Å². The van der Waals surface area contributed by atoms with Crippen molar-refractivity contribution in [2.45, 2.75) is 18.2 Å². The maximum absolute atomic E-state index is 12.7. The van der Waals surface area contributed by atoms with Crippen molar-refractivity contribution in [3.63, 3.8) is 0 Å². The number of hydrogen-bond donors (Lipinski definition) is 2. The topological polar surface area (TPSA) is 66.4 Å². The molecular formula is C29H23Cl2NO3S. The second kappa shape index (κ2) is 11.7. The van der Waals surface area contributed by atoms with Gasteiger partial charge in [-0.25, -0.2) is 0 Å². The Hall–Kier alpha value is -3.25. The molecule has 0 aliphatic carbocycles. The van der Waals surface area contributed by atoms with Crippen LogP contribution in [-0.2, 0) is 16.0 Å². The van der Waals surface area contributed by atoms with E-state index >= 15 is 0 Å². The van der Waals surface area contributed by atoms with Gasteiger partial charge < -0.3 is 10.4 Å². The molecule has 182 valence electrons. The fourth-order valence-electron chi connectivity index (χ4n) is 3.77.